The second-order valence-corrected chi connectivity index (χ2v) is 3.61. The van der Waals surface area contributed by atoms with E-state index < -0.39 is 0 Å². The van der Waals surface area contributed by atoms with Gasteiger partial charge in [-0.3, -0.25) is 4.79 Å². The van der Waals surface area contributed by atoms with Crippen molar-refractivity contribution < 1.29 is 9.53 Å². The van der Waals surface area contributed by atoms with Crippen LogP contribution in [0.3, 0.4) is 0 Å². The molecule has 1 saturated heterocycles. The molecule has 0 amide bonds. The standard InChI is InChI=1S/C12H14NO2/c14-12(8-11-6-7-13-11)15-9-10-4-2-1-3-5-10/h1-5,8,11,13H,6-7,9H2/t11-/m0/s1. The summed E-state index contributed by atoms with van der Waals surface area (Å²) in [5.41, 5.74) is 1.01. The van der Waals surface area contributed by atoms with Crippen LogP contribution in [0.5, 0.6) is 0 Å². The molecule has 0 spiro atoms. The fourth-order valence-corrected chi connectivity index (χ4v) is 1.39. The first-order chi connectivity index (χ1) is 7.34. The molecule has 1 aliphatic heterocycles. The lowest BCUT2D eigenvalue weighted by molar-refractivity contribution is -0.141. The molecule has 1 aromatic carbocycles. The predicted molar refractivity (Wildman–Crippen MR) is 56.9 cm³/mol. The first-order valence-electron chi connectivity index (χ1n) is 5.13. The van der Waals surface area contributed by atoms with Gasteiger partial charge in [0.05, 0.1) is 6.42 Å². The van der Waals surface area contributed by atoms with Crippen molar-refractivity contribution in [3.05, 3.63) is 42.3 Å². The van der Waals surface area contributed by atoms with Gasteiger partial charge in [-0.25, -0.2) is 0 Å². The highest BCUT2D eigenvalue weighted by atomic mass is 16.5. The molecule has 3 heteroatoms. The molecule has 1 aliphatic rings. The second-order valence-electron chi connectivity index (χ2n) is 3.61. The summed E-state index contributed by atoms with van der Waals surface area (Å²) in [6.07, 6.45) is 2.63. The lowest BCUT2D eigenvalue weighted by Gasteiger charge is -2.26. The number of hydrogen-bond acceptors (Lipinski definition) is 3. The van der Waals surface area contributed by atoms with E-state index in [1.54, 1.807) is 6.42 Å². The Morgan fingerprint density at radius 3 is 2.80 bits per heavy atom. The van der Waals surface area contributed by atoms with E-state index in [9.17, 15) is 4.79 Å². The molecule has 1 heterocycles. The monoisotopic (exact) mass is 204 g/mol. The average Bonchev–Trinajstić information content (AvgIpc) is 2.22. The summed E-state index contributed by atoms with van der Waals surface area (Å²) >= 11 is 0. The van der Waals surface area contributed by atoms with E-state index in [0.29, 0.717) is 6.61 Å². The van der Waals surface area contributed by atoms with Crippen LogP contribution in [-0.4, -0.2) is 18.6 Å². The molecule has 0 aromatic heterocycles. The maximum Gasteiger partial charge on any atom is 0.311 e. The summed E-state index contributed by atoms with van der Waals surface area (Å²) in [6, 6.07) is 9.90. The van der Waals surface area contributed by atoms with E-state index in [4.69, 9.17) is 4.74 Å². The van der Waals surface area contributed by atoms with Crippen LogP contribution in [0.25, 0.3) is 0 Å². The van der Waals surface area contributed by atoms with Gasteiger partial charge in [-0.05, 0) is 18.5 Å². The lowest BCUT2D eigenvalue weighted by atomic mass is 10.0. The van der Waals surface area contributed by atoms with Gasteiger partial charge in [0.15, 0.2) is 0 Å². The molecule has 1 aromatic rings. The summed E-state index contributed by atoms with van der Waals surface area (Å²) in [7, 11) is 0. The molecule has 0 saturated carbocycles. The first-order valence-corrected chi connectivity index (χ1v) is 5.13. The molecule has 79 valence electrons. The largest absolute Gasteiger partial charge is 0.461 e. The van der Waals surface area contributed by atoms with Crippen LogP contribution in [0.15, 0.2) is 30.3 Å². The van der Waals surface area contributed by atoms with Gasteiger partial charge in [0.25, 0.3) is 0 Å². The number of carbonyl (C=O) groups is 1. The van der Waals surface area contributed by atoms with Crippen molar-refractivity contribution in [3.63, 3.8) is 0 Å². The van der Waals surface area contributed by atoms with Crippen LogP contribution in [0.4, 0.5) is 0 Å². The van der Waals surface area contributed by atoms with Crippen LogP contribution >= 0.6 is 0 Å². The third kappa shape index (κ3) is 3.06. The molecule has 1 N–H and O–H groups in total. The highest BCUT2D eigenvalue weighted by molar-refractivity contribution is 5.80. The molecular weight excluding hydrogens is 190 g/mol. The number of ether oxygens (including phenoxy) is 1. The molecule has 1 atom stereocenters. The summed E-state index contributed by atoms with van der Waals surface area (Å²) < 4.78 is 5.10. The number of rotatable bonds is 4. The number of nitrogens with one attached hydrogen (secondary N) is 1. The second kappa shape index (κ2) is 4.94. The topological polar surface area (TPSA) is 38.3 Å². The maximum absolute atomic E-state index is 11.3. The molecule has 0 aliphatic carbocycles. The highest BCUT2D eigenvalue weighted by Gasteiger charge is 2.20. The van der Waals surface area contributed by atoms with E-state index in [0.717, 1.165) is 18.5 Å². The van der Waals surface area contributed by atoms with Crippen molar-refractivity contribution in [3.8, 4) is 0 Å². The van der Waals surface area contributed by atoms with Gasteiger partial charge in [0.1, 0.15) is 6.61 Å². The predicted octanol–water partition coefficient (Wildman–Crippen LogP) is 1.30. The normalized spacial score (nSPS) is 19.3. The Labute approximate surface area is 89.4 Å². The SMILES string of the molecule is O=C([CH][C@@H]1CCN1)OCc1ccccc1. The van der Waals surface area contributed by atoms with Gasteiger partial charge in [0, 0.05) is 6.04 Å². The van der Waals surface area contributed by atoms with E-state index in [1.807, 2.05) is 30.3 Å². The van der Waals surface area contributed by atoms with Gasteiger partial charge in [-0.1, -0.05) is 30.3 Å². The number of benzene rings is 1. The van der Waals surface area contributed by atoms with E-state index in [-0.39, 0.29) is 12.0 Å². The Hall–Kier alpha value is -1.35. The minimum Gasteiger partial charge on any atom is -0.461 e. The third-order valence-electron chi connectivity index (χ3n) is 2.42. The van der Waals surface area contributed by atoms with Crippen molar-refractivity contribution in [2.75, 3.05) is 6.54 Å². The van der Waals surface area contributed by atoms with Gasteiger partial charge in [-0.15, -0.1) is 0 Å². The molecule has 15 heavy (non-hydrogen) atoms. The fraction of sp³-hybridized carbons (Fsp3) is 0.333. The molecule has 0 bridgehead atoms. The smallest absolute Gasteiger partial charge is 0.311 e. The van der Waals surface area contributed by atoms with Gasteiger partial charge in [0.2, 0.25) is 0 Å². The number of esters is 1. The Morgan fingerprint density at radius 2 is 2.20 bits per heavy atom. The van der Waals surface area contributed by atoms with Crippen LogP contribution in [0.1, 0.15) is 12.0 Å². The van der Waals surface area contributed by atoms with Crippen LogP contribution < -0.4 is 5.32 Å². The molecule has 3 nitrogen and oxygen atoms in total. The van der Waals surface area contributed by atoms with Crippen molar-refractivity contribution in [1.82, 2.24) is 5.32 Å². The Balaban J connectivity index is 1.71. The van der Waals surface area contributed by atoms with Gasteiger partial charge >= 0.3 is 5.97 Å². The van der Waals surface area contributed by atoms with Crippen LogP contribution in [0.2, 0.25) is 0 Å². The van der Waals surface area contributed by atoms with Crippen molar-refractivity contribution >= 4 is 5.97 Å². The third-order valence-corrected chi connectivity index (χ3v) is 2.42. The molecule has 2 rings (SSSR count). The Morgan fingerprint density at radius 1 is 1.47 bits per heavy atom. The molecule has 0 unspecified atom stereocenters. The first kappa shape index (κ1) is 10.2. The summed E-state index contributed by atoms with van der Waals surface area (Å²) in [5, 5.41) is 3.12. The number of carbonyl (C=O) groups excluding carboxylic acids is 1. The fourth-order valence-electron chi connectivity index (χ4n) is 1.39. The summed E-state index contributed by atoms with van der Waals surface area (Å²) in [4.78, 5) is 11.3. The van der Waals surface area contributed by atoms with Gasteiger partial charge < -0.3 is 10.1 Å². The molecular formula is C12H14NO2. The van der Waals surface area contributed by atoms with Crippen molar-refractivity contribution in [2.24, 2.45) is 0 Å². The Bertz CT molecular complexity index is 320. The van der Waals surface area contributed by atoms with Crippen molar-refractivity contribution in [2.45, 2.75) is 19.1 Å². The molecule has 1 radical (unpaired) electrons. The summed E-state index contributed by atoms with van der Waals surface area (Å²) in [6.45, 7) is 1.34. The average molecular weight is 204 g/mol. The highest BCUT2D eigenvalue weighted by Crippen LogP contribution is 2.07. The summed E-state index contributed by atoms with van der Waals surface area (Å²) in [5.74, 6) is -0.240. The zero-order chi connectivity index (χ0) is 10.5. The minimum atomic E-state index is -0.240. The zero-order valence-electron chi connectivity index (χ0n) is 8.48. The maximum atomic E-state index is 11.3. The molecule has 1 fully saturated rings. The van der Waals surface area contributed by atoms with Crippen LogP contribution in [-0.2, 0) is 16.1 Å². The zero-order valence-corrected chi connectivity index (χ0v) is 8.48. The quantitative estimate of drug-likeness (QED) is 0.751. The van der Waals surface area contributed by atoms with Crippen LogP contribution in [0, 0.1) is 6.42 Å². The van der Waals surface area contributed by atoms with E-state index in [1.165, 1.54) is 0 Å². The minimum absolute atomic E-state index is 0.216. The van der Waals surface area contributed by atoms with E-state index >= 15 is 0 Å². The van der Waals surface area contributed by atoms with Gasteiger partial charge in [-0.2, -0.15) is 0 Å². The van der Waals surface area contributed by atoms with E-state index in [2.05, 4.69) is 5.32 Å². The van der Waals surface area contributed by atoms with Crippen molar-refractivity contribution in [1.29, 1.82) is 0 Å². The lowest BCUT2D eigenvalue weighted by Crippen LogP contribution is -2.44. The Kier molecular flexibility index (Phi) is 3.35. The number of hydrogen-bond donors (Lipinski definition) is 1.